The number of halogens is 2. The number of imide groups is 1. The maximum atomic E-state index is 15.2. The fraction of sp³-hybridized carbons (Fsp3) is 0.306. The monoisotopic (exact) mass is 884 g/mol. The van der Waals surface area contributed by atoms with Crippen LogP contribution in [0.1, 0.15) is 60.2 Å². The molecule has 2 aromatic heterocycles. The zero-order chi connectivity index (χ0) is 45.8. The number of hydrogen-bond acceptors (Lipinski definition) is 10. The van der Waals surface area contributed by atoms with Crippen LogP contribution in [0.5, 0.6) is 5.75 Å². The highest BCUT2D eigenvalue weighted by Crippen LogP contribution is 2.35. The van der Waals surface area contributed by atoms with E-state index in [-0.39, 0.29) is 42.5 Å². The van der Waals surface area contributed by atoms with Gasteiger partial charge in [-0.3, -0.25) is 29.5 Å². The van der Waals surface area contributed by atoms with E-state index in [4.69, 9.17) is 4.74 Å². The number of carbonyl (C=O) groups excluding carboxylic acids is 4. The van der Waals surface area contributed by atoms with Crippen molar-refractivity contribution in [2.24, 2.45) is 0 Å². The van der Waals surface area contributed by atoms with Crippen molar-refractivity contribution in [3.8, 4) is 28.3 Å². The van der Waals surface area contributed by atoms with Crippen molar-refractivity contribution < 1.29 is 37.8 Å². The molecule has 4 heterocycles. The van der Waals surface area contributed by atoms with E-state index in [0.717, 1.165) is 63.0 Å². The molecule has 2 aliphatic rings. The van der Waals surface area contributed by atoms with E-state index < -0.39 is 29.2 Å². The summed E-state index contributed by atoms with van der Waals surface area (Å²) in [6.45, 7) is 10.2. The smallest absolute Gasteiger partial charge is 0.328 e. The van der Waals surface area contributed by atoms with Crippen LogP contribution in [0.25, 0.3) is 33.5 Å². The van der Waals surface area contributed by atoms with Crippen LogP contribution in [-0.2, 0) is 21.7 Å². The lowest BCUT2D eigenvalue weighted by Crippen LogP contribution is -2.49. The van der Waals surface area contributed by atoms with E-state index in [1.807, 2.05) is 18.2 Å². The summed E-state index contributed by atoms with van der Waals surface area (Å²) in [5.41, 5.74) is 4.45. The second kappa shape index (κ2) is 19.1. The molecule has 2 aliphatic heterocycles. The lowest BCUT2D eigenvalue weighted by Gasteiger charge is -2.34. The summed E-state index contributed by atoms with van der Waals surface area (Å²) in [4.78, 5) is 68.1. The number of urea groups is 1. The Morgan fingerprint density at radius 2 is 1.68 bits per heavy atom. The van der Waals surface area contributed by atoms with Crippen LogP contribution in [0.3, 0.4) is 0 Å². The minimum Gasteiger partial charge on any atom is -0.486 e. The summed E-state index contributed by atoms with van der Waals surface area (Å²) >= 11 is 0. The largest absolute Gasteiger partial charge is 0.486 e. The summed E-state index contributed by atoms with van der Waals surface area (Å²) in [5, 5.41) is 15.9. The van der Waals surface area contributed by atoms with Crippen molar-refractivity contribution in [1.29, 1.82) is 0 Å². The van der Waals surface area contributed by atoms with Crippen molar-refractivity contribution in [3.05, 3.63) is 125 Å². The molecular formula is C49H50F2N8O6. The van der Waals surface area contributed by atoms with Crippen molar-refractivity contribution in [2.75, 3.05) is 56.1 Å². The average molecular weight is 885 g/mol. The van der Waals surface area contributed by atoms with Gasteiger partial charge in [0.25, 0.3) is 5.91 Å². The molecule has 8 rings (SSSR count). The van der Waals surface area contributed by atoms with Gasteiger partial charge >= 0.3 is 6.03 Å². The van der Waals surface area contributed by atoms with Crippen LogP contribution in [0, 0.1) is 18.6 Å². The van der Waals surface area contributed by atoms with E-state index in [0.29, 0.717) is 51.3 Å². The number of hydrogen-bond donors (Lipinski definition) is 4. The zero-order valence-electron chi connectivity index (χ0n) is 36.4. The molecule has 0 radical (unpaired) electrons. The van der Waals surface area contributed by atoms with Crippen LogP contribution in [0.15, 0.2) is 91.3 Å². The van der Waals surface area contributed by atoms with Gasteiger partial charge in [0.1, 0.15) is 36.0 Å². The van der Waals surface area contributed by atoms with E-state index in [9.17, 15) is 28.7 Å². The Hall–Kier alpha value is -6.88. The molecule has 0 unspecified atom stereocenters. The van der Waals surface area contributed by atoms with Gasteiger partial charge in [-0.1, -0.05) is 36.4 Å². The van der Waals surface area contributed by atoms with E-state index in [2.05, 4.69) is 47.5 Å². The third-order valence-corrected chi connectivity index (χ3v) is 11.9. The number of anilines is 2. The average Bonchev–Trinajstić information content (AvgIpc) is 3.72. The fourth-order valence-corrected chi connectivity index (χ4v) is 8.14. The molecule has 65 heavy (non-hydrogen) atoms. The number of Topliss-reactive ketones (excluding diaryl/α,β-unsaturated/α-hetero) is 1. The van der Waals surface area contributed by atoms with E-state index in [1.165, 1.54) is 54.9 Å². The molecule has 0 atom stereocenters. The highest BCUT2D eigenvalue weighted by Gasteiger charge is 2.25. The Labute approximate surface area is 374 Å². The Balaban J connectivity index is 0.822. The highest BCUT2D eigenvalue weighted by molar-refractivity contribution is 6.06. The van der Waals surface area contributed by atoms with Gasteiger partial charge in [0.15, 0.2) is 5.78 Å². The van der Waals surface area contributed by atoms with Crippen LogP contribution >= 0.6 is 0 Å². The molecule has 0 bridgehead atoms. The molecule has 14 nitrogen and oxygen atoms in total. The Kier molecular flexibility index (Phi) is 13.1. The first kappa shape index (κ1) is 44.7. The minimum atomic E-state index is -1.29. The number of aliphatic hydroxyl groups is 1. The van der Waals surface area contributed by atoms with Crippen molar-refractivity contribution in [2.45, 2.75) is 52.2 Å². The summed E-state index contributed by atoms with van der Waals surface area (Å²) in [6.07, 6.45) is 2.76. The molecule has 16 heteroatoms. The first-order valence-corrected chi connectivity index (χ1v) is 21.6. The van der Waals surface area contributed by atoms with Gasteiger partial charge in [-0.05, 0) is 98.5 Å². The van der Waals surface area contributed by atoms with Gasteiger partial charge in [-0.15, -0.1) is 0 Å². The summed E-state index contributed by atoms with van der Waals surface area (Å²) < 4.78 is 35.9. The molecule has 6 aromatic rings. The quantitative estimate of drug-likeness (QED) is 0.0817. The van der Waals surface area contributed by atoms with E-state index in [1.54, 1.807) is 31.2 Å². The van der Waals surface area contributed by atoms with Gasteiger partial charge < -0.3 is 25.0 Å². The number of piperazine rings is 1. The number of ether oxygens (including phenoxy) is 1. The molecule has 0 saturated carbocycles. The maximum absolute atomic E-state index is 15.2. The first-order valence-electron chi connectivity index (χ1n) is 21.6. The number of ketones is 1. The summed E-state index contributed by atoms with van der Waals surface area (Å²) in [5.74, 6) is -1.98. The molecule has 4 N–H and O–H groups in total. The third-order valence-electron chi connectivity index (χ3n) is 11.9. The number of nitrogens with zero attached hydrogens (tertiary/aromatic N) is 5. The fourth-order valence-electron chi connectivity index (χ4n) is 8.14. The highest BCUT2D eigenvalue weighted by atomic mass is 19.1. The first-order chi connectivity index (χ1) is 31.2. The van der Waals surface area contributed by atoms with Crippen molar-refractivity contribution in [3.63, 3.8) is 0 Å². The zero-order valence-corrected chi connectivity index (χ0v) is 36.4. The van der Waals surface area contributed by atoms with Gasteiger partial charge in [-0.2, -0.15) is 0 Å². The number of aromatic amines is 1. The number of carbonyl (C=O) groups is 4. The van der Waals surface area contributed by atoms with Gasteiger partial charge in [-0.25, -0.2) is 23.5 Å². The Bertz CT molecular complexity index is 2760. The van der Waals surface area contributed by atoms with Crippen molar-refractivity contribution >= 4 is 46.0 Å². The molecular weight excluding hydrogens is 835 g/mol. The summed E-state index contributed by atoms with van der Waals surface area (Å²) in [7, 11) is 0. The number of H-pyrrole nitrogens is 1. The molecule has 4 aromatic carbocycles. The molecule has 336 valence electrons. The lowest BCUT2D eigenvalue weighted by molar-refractivity contribution is -0.121. The van der Waals surface area contributed by atoms with Gasteiger partial charge in [0.05, 0.1) is 16.9 Å². The number of fused-ring (bicyclic) bond motifs is 1. The van der Waals surface area contributed by atoms with Crippen LogP contribution < -0.4 is 20.3 Å². The predicted octanol–water partition coefficient (Wildman–Crippen LogP) is 7.35. The Morgan fingerprint density at radius 3 is 2.42 bits per heavy atom. The Morgan fingerprint density at radius 1 is 0.908 bits per heavy atom. The predicted molar refractivity (Wildman–Crippen MR) is 242 cm³/mol. The number of nitrogens with one attached hydrogen (secondary N) is 3. The second-order valence-corrected chi connectivity index (χ2v) is 17.0. The standard InChI is InChI=1S/C49H50F2N8O6/c1-30-39(23-34(50)24-42(30)55-47(62)38-14-13-33(22-41(38)51)49(2,3)64)45-40-26-43(54-46(40)53-29-52-45)32-11-9-31(10-12-32)27-58-20-18-57(19-21-58)16-5-7-36(60)28-65-37-8-4-6-35(25-37)59-17-15-44(61)56-48(59)63/h4,6,8-14,22-26,29,64H,5,7,15-21,27-28H2,1-3H3,(H,55,62)(H,52,53,54)(H,56,61,63). The van der Waals surface area contributed by atoms with E-state index >= 15 is 4.39 Å². The lowest BCUT2D eigenvalue weighted by atomic mass is 9.96. The molecule has 2 saturated heterocycles. The molecule has 0 spiro atoms. The third kappa shape index (κ3) is 10.6. The van der Waals surface area contributed by atoms with Crippen LogP contribution in [-0.4, -0.2) is 99.4 Å². The second-order valence-electron chi connectivity index (χ2n) is 17.0. The molecule has 4 amide bonds. The van der Waals surface area contributed by atoms with Crippen molar-refractivity contribution in [1.82, 2.24) is 30.1 Å². The number of benzene rings is 4. The number of amides is 4. The van der Waals surface area contributed by atoms with Crippen LogP contribution in [0.2, 0.25) is 0 Å². The van der Waals surface area contributed by atoms with Gasteiger partial charge in [0.2, 0.25) is 5.91 Å². The number of rotatable bonds is 15. The van der Waals surface area contributed by atoms with Crippen LogP contribution in [0.4, 0.5) is 25.0 Å². The normalized spacial score (nSPS) is 15.0. The maximum Gasteiger partial charge on any atom is 0.328 e. The summed E-state index contributed by atoms with van der Waals surface area (Å²) in [6, 6.07) is 23.1. The number of aromatic nitrogens is 3. The SMILES string of the molecule is Cc1c(NC(=O)c2ccc(C(C)(C)O)cc2F)cc(F)cc1-c1ncnc2[nH]c(-c3ccc(CN4CCN(CCCC(=O)COc5cccc(N6CCC(=O)NC6=O)c5)CC4)cc3)cc12. The molecule has 2 fully saturated rings. The molecule has 0 aliphatic carbocycles. The minimum absolute atomic E-state index is 0.00489. The van der Waals surface area contributed by atoms with Gasteiger partial charge in [0, 0.05) is 86.2 Å². The topological polar surface area (TPSA) is 173 Å².